The lowest BCUT2D eigenvalue weighted by molar-refractivity contribution is -0.138. The minimum Gasteiger partial charge on any atom is -0.507 e. The highest BCUT2D eigenvalue weighted by Crippen LogP contribution is 2.25. The Morgan fingerprint density at radius 3 is 2.67 bits per heavy atom. The fraction of sp³-hybridized carbons (Fsp3) is 0.222. The fourth-order valence-electron chi connectivity index (χ4n) is 1.07. The number of nitrogens with zero attached hydrogens (tertiary/aromatic N) is 1. The van der Waals surface area contributed by atoms with E-state index in [1.54, 1.807) is 12.1 Å². The standard InChI is InChI=1S/C9H8BrNO4/c10-6-3-5(1-2-8(6)12)4-7(11-15)9(13)14/h1-3,7,12H,4H2,(H,13,14). The number of carboxylic acids is 1. The molecule has 0 heterocycles. The SMILES string of the molecule is O=NC(Cc1ccc(O)c(Br)c1)C(=O)O. The maximum absolute atomic E-state index is 10.5. The second-order valence-corrected chi connectivity index (χ2v) is 3.80. The quantitative estimate of drug-likeness (QED) is 0.821. The maximum atomic E-state index is 10.5. The van der Waals surface area contributed by atoms with Crippen LogP contribution in [0.15, 0.2) is 27.8 Å². The number of benzene rings is 1. The zero-order valence-electron chi connectivity index (χ0n) is 7.55. The first-order valence-electron chi connectivity index (χ1n) is 4.07. The lowest BCUT2D eigenvalue weighted by Crippen LogP contribution is -2.19. The van der Waals surface area contributed by atoms with E-state index in [-0.39, 0.29) is 12.2 Å². The van der Waals surface area contributed by atoms with Crippen molar-refractivity contribution < 1.29 is 15.0 Å². The van der Waals surface area contributed by atoms with Gasteiger partial charge in [0, 0.05) is 6.42 Å². The molecule has 0 amide bonds. The van der Waals surface area contributed by atoms with E-state index in [0.717, 1.165) is 0 Å². The summed E-state index contributed by atoms with van der Waals surface area (Å²) in [6.07, 6.45) is 0.0116. The van der Waals surface area contributed by atoms with E-state index < -0.39 is 12.0 Å². The van der Waals surface area contributed by atoms with Gasteiger partial charge >= 0.3 is 5.97 Å². The molecule has 15 heavy (non-hydrogen) atoms. The molecule has 5 nitrogen and oxygen atoms in total. The Hall–Kier alpha value is -1.43. The van der Waals surface area contributed by atoms with Crippen molar-refractivity contribution in [1.82, 2.24) is 0 Å². The van der Waals surface area contributed by atoms with Crippen LogP contribution in [0.4, 0.5) is 0 Å². The summed E-state index contributed by atoms with van der Waals surface area (Å²) in [6, 6.07) is 3.22. The molecule has 2 N–H and O–H groups in total. The Morgan fingerprint density at radius 2 is 2.20 bits per heavy atom. The molecule has 0 spiro atoms. The zero-order valence-corrected chi connectivity index (χ0v) is 9.14. The van der Waals surface area contributed by atoms with Gasteiger partial charge in [-0.2, -0.15) is 0 Å². The van der Waals surface area contributed by atoms with Gasteiger partial charge in [0.2, 0.25) is 0 Å². The van der Waals surface area contributed by atoms with Crippen molar-refractivity contribution in [3.05, 3.63) is 33.1 Å². The highest BCUT2D eigenvalue weighted by Gasteiger charge is 2.18. The number of aromatic hydroxyl groups is 1. The van der Waals surface area contributed by atoms with Crippen molar-refractivity contribution in [3.8, 4) is 5.75 Å². The van der Waals surface area contributed by atoms with Gasteiger partial charge in [-0.05, 0) is 33.6 Å². The van der Waals surface area contributed by atoms with E-state index in [2.05, 4.69) is 21.1 Å². The van der Waals surface area contributed by atoms with Gasteiger partial charge in [0.15, 0.2) is 6.04 Å². The number of carbonyl (C=O) groups is 1. The third-order valence-electron chi connectivity index (χ3n) is 1.85. The Balaban J connectivity index is 2.84. The number of nitroso groups, excluding NO2 is 1. The van der Waals surface area contributed by atoms with Gasteiger partial charge in [-0.1, -0.05) is 11.2 Å². The summed E-state index contributed by atoms with van der Waals surface area (Å²) in [5, 5.41) is 20.3. The number of carboxylic acid groups (broad SMARTS) is 1. The second-order valence-electron chi connectivity index (χ2n) is 2.95. The number of rotatable bonds is 4. The molecule has 0 saturated heterocycles. The Morgan fingerprint density at radius 1 is 1.53 bits per heavy atom. The Bertz CT molecular complexity index is 394. The van der Waals surface area contributed by atoms with E-state index in [4.69, 9.17) is 5.11 Å². The monoisotopic (exact) mass is 273 g/mol. The Labute approximate surface area is 93.8 Å². The molecule has 0 aliphatic carbocycles. The predicted molar refractivity (Wildman–Crippen MR) is 56.7 cm³/mol. The highest BCUT2D eigenvalue weighted by atomic mass is 79.9. The van der Waals surface area contributed by atoms with Gasteiger partial charge in [-0.15, -0.1) is 4.91 Å². The van der Waals surface area contributed by atoms with Crippen molar-refractivity contribution in [2.24, 2.45) is 5.18 Å². The smallest absolute Gasteiger partial charge is 0.332 e. The summed E-state index contributed by atoms with van der Waals surface area (Å²) in [4.78, 5) is 20.7. The molecule has 0 radical (unpaired) electrons. The number of phenolic OH excluding ortho intramolecular Hbond substituents is 1. The summed E-state index contributed by atoms with van der Waals surface area (Å²) < 4.78 is 0.454. The number of hydrogen-bond donors (Lipinski definition) is 2. The first kappa shape index (κ1) is 11.6. The van der Waals surface area contributed by atoms with Gasteiger partial charge < -0.3 is 10.2 Å². The van der Waals surface area contributed by atoms with E-state index in [0.29, 0.717) is 10.0 Å². The van der Waals surface area contributed by atoms with Crippen LogP contribution in [0.3, 0.4) is 0 Å². The maximum Gasteiger partial charge on any atom is 0.332 e. The average molecular weight is 274 g/mol. The average Bonchev–Trinajstić information content (AvgIpc) is 2.19. The van der Waals surface area contributed by atoms with Gasteiger partial charge in [-0.25, -0.2) is 4.79 Å². The van der Waals surface area contributed by atoms with E-state index in [9.17, 15) is 14.8 Å². The van der Waals surface area contributed by atoms with Crippen molar-refractivity contribution in [2.45, 2.75) is 12.5 Å². The molecular formula is C9H8BrNO4. The summed E-state index contributed by atoms with van der Waals surface area (Å²) in [5.74, 6) is -1.20. The zero-order chi connectivity index (χ0) is 11.4. The number of hydrogen-bond acceptors (Lipinski definition) is 4. The second kappa shape index (κ2) is 4.88. The minimum absolute atomic E-state index is 0.0116. The molecule has 0 bridgehead atoms. The molecule has 1 aromatic rings. The molecule has 1 aromatic carbocycles. The molecule has 0 aliphatic heterocycles. The van der Waals surface area contributed by atoms with Crippen LogP contribution in [-0.4, -0.2) is 22.2 Å². The number of aliphatic carboxylic acids is 1. The molecule has 1 atom stereocenters. The van der Waals surface area contributed by atoms with Gasteiger partial charge in [0.1, 0.15) is 5.75 Å². The summed E-state index contributed by atoms with van der Waals surface area (Å²) in [7, 11) is 0. The molecule has 0 aromatic heterocycles. The van der Waals surface area contributed by atoms with Crippen LogP contribution in [0.1, 0.15) is 5.56 Å². The molecule has 6 heteroatoms. The first-order chi connectivity index (χ1) is 7.04. The Kier molecular flexibility index (Phi) is 3.79. The third-order valence-corrected chi connectivity index (χ3v) is 2.49. The van der Waals surface area contributed by atoms with E-state index in [1.165, 1.54) is 6.07 Å². The predicted octanol–water partition coefficient (Wildman–Crippen LogP) is 1.92. The summed E-state index contributed by atoms with van der Waals surface area (Å²) in [6.45, 7) is 0. The van der Waals surface area contributed by atoms with Crippen molar-refractivity contribution in [1.29, 1.82) is 0 Å². The topological polar surface area (TPSA) is 87.0 Å². The van der Waals surface area contributed by atoms with Gasteiger partial charge in [0.25, 0.3) is 0 Å². The molecule has 1 rings (SSSR count). The molecule has 0 saturated carbocycles. The van der Waals surface area contributed by atoms with Gasteiger partial charge in [-0.3, -0.25) is 0 Å². The fourth-order valence-corrected chi connectivity index (χ4v) is 1.50. The molecule has 0 fully saturated rings. The van der Waals surface area contributed by atoms with Crippen LogP contribution in [0, 0.1) is 4.91 Å². The van der Waals surface area contributed by atoms with Crippen LogP contribution in [0.2, 0.25) is 0 Å². The van der Waals surface area contributed by atoms with Crippen LogP contribution in [-0.2, 0) is 11.2 Å². The van der Waals surface area contributed by atoms with Crippen molar-refractivity contribution >= 4 is 21.9 Å². The number of halogens is 1. The van der Waals surface area contributed by atoms with Crippen molar-refractivity contribution in [2.75, 3.05) is 0 Å². The van der Waals surface area contributed by atoms with E-state index in [1.807, 2.05) is 0 Å². The van der Waals surface area contributed by atoms with Crippen LogP contribution >= 0.6 is 15.9 Å². The largest absolute Gasteiger partial charge is 0.507 e. The summed E-state index contributed by atoms with van der Waals surface area (Å²) >= 11 is 3.09. The molecule has 80 valence electrons. The minimum atomic E-state index is -1.29. The van der Waals surface area contributed by atoms with Crippen LogP contribution < -0.4 is 0 Å². The van der Waals surface area contributed by atoms with Crippen LogP contribution in [0.5, 0.6) is 5.75 Å². The highest BCUT2D eigenvalue weighted by molar-refractivity contribution is 9.10. The van der Waals surface area contributed by atoms with Crippen LogP contribution in [0.25, 0.3) is 0 Å². The third kappa shape index (κ3) is 3.02. The van der Waals surface area contributed by atoms with Crippen molar-refractivity contribution in [3.63, 3.8) is 0 Å². The number of phenols is 1. The molecule has 1 unspecified atom stereocenters. The lowest BCUT2D eigenvalue weighted by atomic mass is 10.1. The van der Waals surface area contributed by atoms with Gasteiger partial charge in [0.05, 0.1) is 4.47 Å². The normalized spacial score (nSPS) is 12.1. The molecular weight excluding hydrogens is 266 g/mol. The van der Waals surface area contributed by atoms with E-state index >= 15 is 0 Å². The lowest BCUT2D eigenvalue weighted by Gasteiger charge is -2.05. The summed E-state index contributed by atoms with van der Waals surface area (Å²) in [5.41, 5.74) is 0.617. The molecule has 0 aliphatic rings. The first-order valence-corrected chi connectivity index (χ1v) is 4.86.